The van der Waals surface area contributed by atoms with E-state index in [2.05, 4.69) is 20.8 Å². The molecule has 1 heterocycles. The van der Waals surface area contributed by atoms with Gasteiger partial charge in [0.25, 0.3) is 11.6 Å². The number of carbonyl (C=O) groups is 1. The summed E-state index contributed by atoms with van der Waals surface area (Å²) in [6.07, 6.45) is 0. The molecule has 0 bridgehead atoms. The molecule has 1 aromatic heterocycles. The number of aromatic nitrogens is 3. The summed E-state index contributed by atoms with van der Waals surface area (Å²) in [7, 11) is 1.38. The number of hydrogen-bond donors (Lipinski definition) is 2. The predicted octanol–water partition coefficient (Wildman–Crippen LogP) is 2.35. The maximum Gasteiger partial charge on any atom is 0.271 e. The molecule has 0 atom stereocenters. The van der Waals surface area contributed by atoms with Gasteiger partial charge >= 0.3 is 0 Å². The Bertz CT molecular complexity index is 1150. The van der Waals surface area contributed by atoms with E-state index < -0.39 is 10.8 Å². The highest BCUT2D eigenvalue weighted by molar-refractivity contribution is 6.00. The number of nitro groups is 1. The van der Waals surface area contributed by atoms with Crippen LogP contribution < -0.4 is 10.2 Å². The van der Waals surface area contributed by atoms with Gasteiger partial charge in [-0.2, -0.15) is 5.10 Å². The molecule has 0 saturated heterocycles. The van der Waals surface area contributed by atoms with Crippen LogP contribution in [0.3, 0.4) is 0 Å². The molecule has 11 nitrogen and oxygen atoms in total. The van der Waals surface area contributed by atoms with Crippen molar-refractivity contribution in [2.75, 3.05) is 7.11 Å². The van der Waals surface area contributed by atoms with Crippen molar-refractivity contribution in [3.8, 4) is 17.2 Å². The summed E-state index contributed by atoms with van der Waals surface area (Å²) in [6.45, 7) is 3.38. The number of ether oxygens (including phenoxy) is 1. The molecule has 3 aromatic rings. The molecule has 0 saturated carbocycles. The number of hydrogen-bond acceptors (Lipinski definition) is 8. The summed E-state index contributed by atoms with van der Waals surface area (Å²) in [5.74, 6) is -0.419. The molecular weight excluding hydrogens is 392 g/mol. The minimum atomic E-state index is -0.503. The van der Waals surface area contributed by atoms with Gasteiger partial charge in [-0.3, -0.25) is 14.9 Å². The quantitative estimate of drug-likeness (QED) is 0.360. The fourth-order valence-corrected chi connectivity index (χ4v) is 2.72. The van der Waals surface area contributed by atoms with E-state index >= 15 is 0 Å². The smallest absolute Gasteiger partial charge is 0.271 e. The van der Waals surface area contributed by atoms with Crippen LogP contribution in [0.25, 0.3) is 5.69 Å². The van der Waals surface area contributed by atoms with Gasteiger partial charge in [-0.05, 0) is 38.1 Å². The Morgan fingerprint density at radius 1 is 1.30 bits per heavy atom. The van der Waals surface area contributed by atoms with Gasteiger partial charge in [-0.25, -0.2) is 10.1 Å². The maximum absolute atomic E-state index is 12.3. The van der Waals surface area contributed by atoms with Crippen LogP contribution in [-0.2, 0) is 0 Å². The summed E-state index contributed by atoms with van der Waals surface area (Å²) < 4.78 is 6.44. The molecular formula is C19H18N6O5. The Hall–Kier alpha value is -4.28. The van der Waals surface area contributed by atoms with E-state index in [-0.39, 0.29) is 22.7 Å². The van der Waals surface area contributed by atoms with Crippen molar-refractivity contribution in [2.45, 2.75) is 13.8 Å². The van der Waals surface area contributed by atoms with Crippen LogP contribution >= 0.6 is 0 Å². The lowest BCUT2D eigenvalue weighted by atomic mass is 10.2. The summed E-state index contributed by atoms with van der Waals surface area (Å²) >= 11 is 0. The fourth-order valence-electron chi connectivity index (χ4n) is 2.72. The molecule has 2 N–H and O–H groups in total. The molecule has 0 aliphatic heterocycles. The number of nitrogens with one attached hydrogen (secondary N) is 1. The van der Waals surface area contributed by atoms with E-state index in [9.17, 15) is 20.0 Å². The largest absolute Gasteiger partial charge is 0.504 e. The van der Waals surface area contributed by atoms with E-state index in [4.69, 9.17) is 4.74 Å². The molecule has 0 unspecified atom stereocenters. The molecule has 0 radical (unpaired) electrons. The first-order valence-electron chi connectivity index (χ1n) is 8.71. The molecule has 30 heavy (non-hydrogen) atoms. The second kappa shape index (κ2) is 8.39. The Morgan fingerprint density at radius 2 is 2.07 bits per heavy atom. The van der Waals surface area contributed by atoms with Gasteiger partial charge in [0.1, 0.15) is 5.69 Å². The Labute approximate surface area is 170 Å². The highest BCUT2D eigenvalue weighted by Gasteiger charge is 2.16. The van der Waals surface area contributed by atoms with Gasteiger partial charge in [0, 0.05) is 17.7 Å². The molecule has 0 fully saturated rings. The Kier molecular flexibility index (Phi) is 5.72. The fraction of sp³-hybridized carbons (Fsp3) is 0.158. The molecule has 0 aliphatic rings. The van der Waals surface area contributed by atoms with Crippen molar-refractivity contribution < 1.29 is 19.6 Å². The number of nitro benzene ring substituents is 1. The summed E-state index contributed by atoms with van der Waals surface area (Å²) in [5, 5.41) is 32.8. The number of rotatable bonds is 6. The molecule has 0 spiro atoms. The van der Waals surface area contributed by atoms with Crippen LogP contribution in [0.4, 0.5) is 5.69 Å². The maximum atomic E-state index is 12.3. The van der Waals surface area contributed by atoms with Crippen LogP contribution in [0, 0.1) is 17.0 Å². The van der Waals surface area contributed by atoms with Gasteiger partial charge < -0.3 is 9.84 Å². The van der Waals surface area contributed by atoms with Gasteiger partial charge in [0.05, 0.1) is 29.1 Å². The third-order valence-corrected chi connectivity index (χ3v) is 4.29. The number of benzene rings is 2. The predicted molar refractivity (Wildman–Crippen MR) is 107 cm³/mol. The normalized spacial score (nSPS) is 11.2. The lowest BCUT2D eigenvalue weighted by Gasteiger charge is -2.06. The van der Waals surface area contributed by atoms with Crippen LogP contribution in [-0.4, -0.2) is 43.8 Å². The van der Waals surface area contributed by atoms with Crippen LogP contribution in [0.15, 0.2) is 47.6 Å². The van der Waals surface area contributed by atoms with Crippen LogP contribution in [0.2, 0.25) is 0 Å². The molecule has 0 aliphatic carbocycles. The van der Waals surface area contributed by atoms with Crippen molar-refractivity contribution in [3.05, 3.63) is 69.5 Å². The summed E-state index contributed by atoms with van der Waals surface area (Å²) in [6, 6.07) is 10.2. The van der Waals surface area contributed by atoms with Crippen molar-refractivity contribution >= 4 is 17.3 Å². The zero-order valence-corrected chi connectivity index (χ0v) is 16.4. The van der Waals surface area contributed by atoms with E-state index in [0.29, 0.717) is 22.8 Å². The van der Waals surface area contributed by atoms with Crippen LogP contribution in [0.5, 0.6) is 11.5 Å². The monoisotopic (exact) mass is 410 g/mol. The van der Waals surface area contributed by atoms with Gasteiger partial charge in [0.15, 0.2) is 11.5 Å². The van der Waals surface area contributed by atoms with Gasteiger partial charge in [0.2, 0.25) is 0 Å². The van der Waals surface area contributed by atoms with Crippen molar-refractivity contribution in [2.24, 2.45) is 5.10 Å². The third kappa shape index (κ3) is 4.09. The number of amides is 1. The number of non-ortho nitro benzene ring substituents is 1. The number of carbonyl (C=O) groups excluding carboxylic acids is 1. The molecule has 3 rings (SSSR count). The minimum absolute atomic E-state index is 0.0640. The second-order valence-electron chi connectivity index (χ2n) is 6.24. The SMILES string of the molecule is COc1cc(C(=O)N/N=C(/C)c2nnn(-c3cccc([N+](=O)[O-])c3)c2C)ccc1O. The first-order chi connectivity index (χ1) is 14.3. The van der Waals surface area contributed by atoms with Crippen LogP contribution in [0.1, 0.15) is 28.7 Å². The Balaban J connectivity index is 1.81. The van der Waals surface area contributed by atoms with Crippen molar-refractivity contribution in [1.29, 1.82) is 0 Å². The zero-order valence-electron chi connectivity index (χ0n) is 16.4. The van der Waals surface area contributed by atoms with E-state index in [1.807, 2.05) is 0 Å². The number of methoxy groups -OCH3 is 1. The minimum Gasteiger partial charge on any atom is -0.504 e. The van der Waals surface area contributed by atoms with Crippen molar-refractivity contribution in [3.63, 3.8) is 0 Å². The zero-order chi connectivity index (χ0) is 21.8. The summed E-state index contributed by atoms with van der Waals surface area (Å²) in [5.41, 5.74) is 4.49. The molecule has 2 aromatic carbocycles. The highest BCUT2D eigenvalue weighted by atomic mass is 16.6. The standard InChI is InChI=1S/C19H18N6O5/c1-11(20-22-19(27)13-7-8-16(26)17(9-13)30-3)18-12(2)24(23-21-18)14-5-4-6-15(10-14)25(28)29/h4-10,26H,1-3H3,(H,22,27)/b20-11-. The lowest BCUT2D eigenvalue weighted by molar-refractivity contribution is -0.384. The average Bonchev–Trinajstić information content (AvgIpc) is 3.13. The van der Waals surface area contributed by atoms with Crippen molar-refractivity contribution in [1.82, 2.24) is 20.4 Å². The van der Waals surface area contributed by atoms with E-state index in [1.54, 1.807) is 26.0 Å². The first kappa shape index (κ1) is 20.5. The number of nitrogens with zero attached hydrogens (tertiary/aromatic N) is 5. The third-order valence-electron chi connectivity index (χ3n) is 4.29. The number of aromatic hydroxyl groups is 1. The second-order valence-corrected chi connectivity index (χ2v) is 6.24. The number of hydrazone groups is 1. The van der Waals surface area contributed by atoms with Gasteiger partial charge in [-0.15, -0.1) is 5.10 Å². The molecule has 154 valence electrons. The summed E-state index contributed by atoms with van der Waals surface area (Å²) in [4.78, 5) is 22.8. The van der Waals surface area contributed by atoms with E-state index in [0.717, 1.165) is 0 Å². The lowest BCUT2D eigenvalue weighted by Crippen LogP contribution is -2.19. The average molecular weight is 410 g/mol. The van der Waals surface area contributed by atoms with E-state index in [1.165, 1.54) is 42.1 Å². The number of phenolic OH excluding ortho intramolecular Hbond substituents is 1. The van der Waals surface area contributed by atoms with Gasteiger partial charge in [-0.1, -0.05) is 11.3 Å². The highest BCUT2D eigenvalue weighted by Crippen LogP contribution is 2.26. The molecule has 11 heteroatoms. The first-order valence-corrected chi connectivity index (χ1v) is 8.71. The molecule has 1 amide bonds. The topological polar surface area (TPSA) is 145 Å². The Morgan fingerprint density at radius 3 is 2.77 bits per heavy atom. The number of phenols is 1.